The minimum Gasteiger partial charge on any atom is -0.345 e. The Kier molecular flexibility index (Phi) is 6.00. The van der Waals surface area contributed by atoms with Crippen LogP contribution in [0.5, 0.6) is 0 Å². The van der Waals surface area contributed by atoms with Gasteiger partial charge in [0.05, 0.1) is 10.6 Å². The third kappa shape index (κ3) is 4.31. The van der Waals surface area contributed by atoms with Gasteiger partial charge < -0.3 is 4.90 Å². The number of nitrogens with zero attached hydrogens (tertiary/aromatic N) is 3. The molecule has 1 saturated heterocycles. The van der Waals surface area contributed by atoms with Gasteiger partial charge in [-0.05, 0) is 36.4 Å². The average Bonchev–Trinajstić information content (AvgIpc) is 3.20. The smallest absolute Gasteiger partial charge is 0.243 e. The number of halogens is 4. The van der Waals surface area contributed by atoms with Crippen LogP contribution >= 0.6 is 34.5 Å². The maximum absolute atomic E-state index is 13.5. The van der Waals surface area contributed by atoms with E-state index in [-0.39, 0.29) is 28.0 Å². The molecule has 0 amide bonds. The monoisotopic (exact) mass is 489 g/mol. The lowest BCUT2D eigenvalue weighted by Crippen LogP contribution is -2.48. The molecule has 11 heteroatoms. The molecule has 0 radical (unpaired) electrons. The Bertz CT molecular complexity index is 1180. The normalized spacial score (nSPS) is 15.5. The zero-order valence-corrected chi connectivity index (χ0v) is 18.5. The van der Waals surface area contributed by atoms with Crippen molar-refractivity contribution in [2.45, 2.75) is 4.90 Å². The molecule has 1 aliphatic rings. The minimum atomic E-state index is -3.72. The summed E-state index contributed by atoms with van der Waals surface area (Å²) in [5.41, 5.74) is 1.02. The number of hydrogen-bond donors (Lipinski definition) is 0. The summed E-state index contributed by atoms with van der Waals surface area (Å²) >= 11 is 13.3. The second-order valence-corrected chi connectivity index (χ2v) is 10.3. The molecule has 0 bridgehead atoms. The topological polar surface area (TPSA) is 53.5 Å². The van der Waals surface area contributed by atoms with Crippen LogP contribution in [0, 0.1) is 11.6 Å². The first-order valence-corrected chi connectivity index (χ1v) is 11.9. The van der Waals surface area contributed by atoms with Crippen molar-refractivity contribution in [3.63, 3.8) is 0 Å². The molecular formula is C19H15Cl2F2N3O2S2. The molecule has 1 aromatic heterocycles. The van der Waals surface area contributed by atoms with Crippen molar-refractivity contribution in [2.75, 3.05) is 31.1 Å². The lowest BCUT2D eigenvalue weighted by molar-refractivity contribution is 0.385. The standard InChI is InChI=1S/C19H15Cl2F2N3O2S2/c20-13-8-14(21)10-15(9-13)30(27,28)26-5-3-25(4-6-26)19-24-18(11-29-19)12-1-2-16(22)17(23)7-12/h1-2,7-11H,3-6H2. The number of rotatable bonds is 4. The molecule has 30 heavy (non-hydrogen) atoms. The van der Waals surface area contributed by atoms with Crippen molar-refractivity contribution in [3.05, 3.63) is 63.5 Å². The maximum atomic E-state index is 13.5. The van der Waals surface area contributed by atoms with Crippen LogP contribution in [-0.4, -0.2) is 43.9 Å². The van der Waals surface area contributed by atoms with Crippen molar-refractivity contribution < 1.29 is 17.2 Å². The van der Waals surface area contributed by atoms with Gasteiger partial charge in [0.25, 0.3) is 0 Å². The third-order valence-electron chi connectivity index (χ3n) is 4.69. The van der Waals surface area contributed by atoms with Gasteiger partial charge in [-0.2, -0.15) is 4.31 Å². The van der Waals surface area contributed by atoms with E-state index >= 15 is 0 Å². The summed E-state index contributed by atoms with van der Waals surface area (Å²) in [5, 5.41) is 2.97. The fraction of sp³-hybridized carbons (Fsp3) is 0.211. The van der Waals surface area contributed by atoms with Crippen LogP contribution in [0.2, 0.25) is 10.0 Å². The predicted octanol–water partition coefficient (Wildman–Crippen LogP) is 4.91. The van der Waals surface area contributed by atoms with Gasteiger partial charge in [0.1, 0.15) is 0 Å². The Morgan fingerprint density at radius 1 is 0.933 bits per heavy atom. The molecule has 1 aliphatic heterocycles. The Balaban J connectivity index is 1.47. The van der Waals surface area contributed by atoms with Gasteiger partial charge >= 0.3 is 0 Å². The highest BCUT2D eigenvalue weighted by Crippen LogP contribution is 2.30. The van der Waals surface area contributed by atoms with Gasteiger partial charge in [-0.15, -0.1) is 11.3 Å². The van der Waals surface area contributed by atoms with Gasteiger partial charge in [-0.1, -0.05) is 23.2 Å². The number of piperazine rings is 1. The van der Waals surface area contributed by atoms with E-state index in [4.69, 9.17) is 23.2 Å². The lowest BCUT2D eigenvalue weighted by atomic mass is 10.2. The molecule has 5 nitrogen and oxygen atoms in total. The van der Waals surface area contributed by atoms with Crippen molar-refractivity contribution in [3.8, 4) is 11.3 Å². The summed E-state index contributed by atoms with van der Waals surface area (Å²) in [6.45, 7) is 1.43. The SMILES string of the molecule is O=S(=O)(c1cc(Cl)cc(Cl)c1)N1CCN(c2nc(-c3ccc(F)c(F)c3)cs2)CC1. The lowest BCUT2D eigenvalue weighted by Gasteiger charge is -2.33. The summed E-state index contributed by atoms with van der Waals surface area (Å²) in [4.78, 5) is 6.52. The first kappa shape index (κ1) is 21.5. The highest BCUT2D eigenvalue weighted by atomic mass is 35.5. The van der Waals surface area contributed by atoms with Crippen molar-refractivity contribution in [1.29, 1.82) is 0 Å². The van der Waals surface area contributed by atoms with Crippen LogP contribution in [0.1, 0.15) is 0 Å². The largest absolute Gasteiger partial charge is 0.345 e. The molecule has 0 spiro atoms. The van der Waals surface area contributed by atoms with Crippen LogP contribution in [0.3, 0.4) is 0 Å². The highest BCUT2D eigenvalue weighted by molar-refractivity contribution is 7.89. The fourth-order valence-corrected chi connectivity index (χ4v) is 6.18. The molecule has 158 valence electrons. The van der Waals surface area contributed by atoms with Crippen LogP contribution < -0.4 is 4.90 Å². The molecule has 0 unspecified atom stereocenters. The molecule has 3 aromatic rings. The van der Waals surface area contributed by atoms with Gasteiger partial charge in [0.15, 0.2) is 16.8 Å². The van der Waals surface area contributed by atoms with Gasteiger partial charge in [0.2, 0.25) is 10.0 Å². The van der Waals surface area contributed by atoms with Gasteiger partial charge in [0, 0.05) is 47.2 Å². The highest BCUT2D eigenvalue weighted by Gasteiger charge is 2.30. The van der Waals surface area contributed by atoms with Gasteiger partial charge in [-0.25, -0.2) is 22.2 Å². The number of thiazole rings is 1. The molecule has 2 heterocycles. The maximum Gasteiger partial charge on any atom is 0.243 e. The Hall–Kier alpha value is -1.78. The Labute approximate surface area is 186 Å². The molecule has 0 aliphatic carbocycles. The molecule has 0 N–H and O–H groups in total. The van der Waals surface area contributed by atoms with Crippen molar-refractivity contribution >= 4 is 49.7 Å². The molecule has 0 saturated carbocycles. The van der Waals surface area contributed by atoms with Crippen LogP contribution in [0.4, 0.5) is 13.9 Å². The van der Waals surface area contributed by atoms with E-state index in [0.29, 0.717) is 29.5 Å². The Morgan fingerprint density at radius 2 is 1.60 bits per heavy atom. The molecule has 2 aromatic carbocycles. The molecule has 0 atom stereocenters. The quantitative estimate of drug-likeness (QED) is 0.522. The van der Waals surface area contributed by atoms with E-state index < -0.39 is 21.7 Å². The second kappa shape index (κ2) is 8.39. The molecule has 1 fully saturated rings. The van der Waals surface area contributed by atoms with E-state index in [1.165, 1.54) is 39.9 Å². The van der Waals surface area contributed by atoms with Crippen LogP contribution in [0.25, 0.3) is 11.3 Å². The van der Waals surface area contributed by atoms with Crippen LogP contribution in [0.15, 0.2) is 46.7 Å². The Morgan fingerprint density at radius 3 is 2.23 bits per heavy atom. The average molecular weight is 490 g/mol. The summed E-state index contributed by atoms with van der Waals surface area (Å²) < 4.78 is 53.8. The summed E-state index contributed by atoms with van der Waals surface area (Å²) in [6, 6.07) is 7.88. The van der Waals surface area contributed by atoms with Crippen LogP contribution in [-0.2, 0) is 10.0 Å². The first-order valence-electron chi connectivity index (χ1n) is 8.86. The predicted molar refractivity (Wildman–Crippen MR) is 115 cm³/mol. The summed E-state index contributed by atoms with van der Waals surface area (Å²) in [5.74, 6) is -1.84. The molecular weight excluding hydrogens is 475 g/mol. The van der Waals surface area contributed by atoms with E-state index in [9.17, 15) is 17.2 Å². The number of anilines is 1. The van der Waals surface area contributed by atoms with Crippen molar-refractivity contribution in [1.82, 2.24) is 9.29 Å². The first-order chi connectivity index (χ1) is 14.2. The summed E-state index contributed by atoms with van der Waals surface area (Å²) in [7, 11) is -3.72. The third-order valence-corrected chi connectivity index (χ3v) is 7.90. The minimum absolute atomic E-state index is 0.0586. The van der Waals surface area contributed by atoms with E-state index in [0.717, 1.165) is 12.1 Å². The van der Waals surface area contributed by atoms with Crippen molar-refractivity contribution in [2.24, 2.45) is 0 Å². The van der Waals surface area contributed by atoms with E-state index in [1.54, 1.807) is 5.38 Å². The number of aromatic nitrogens is 1. The molecule has 4 rings (SSSR count). The van der Waals surface area contributed by atoms with E-state index in [2.05, 4.69) is 4.98 Å². The number of benzene rings is 2. The fourth-order valence-electron chi connectivity index (χ4n) is 3.14. The number of sulfonamides is 1. The zero-order chi connectivity index (χ0) is 21.5. The van der Waals surface area contributed by atoms with Gasteiger partial charge in [-0.3, -0.25) is 0 Å². The van der Waals surface area contributed by atoms with E-state index in [1.807, 2.05) is 4.90 Å². The summed E-state index contributed by atoms with van der Waals surface area (Å²) in [6.07, 6.45) is 0. The number of hydrogen-bond acceptors (Lipinski definition) is 5. The second-order valence-electron chi connectivity index (χ2n) is 6.64. The zero-order valence-electron chi connectivity index (χ0n) is 15.4.